The van der Waals surface area contributed by atoms with E-state index >= 15 is 0 Å². The van der Waals surface area contributed by atoms with E-state index in [1.54, 1.807) is 14.1 Å². The van der Waals surface area contributed by atoms with Gasteiger partial charge in [0, 0.05) is 39.4 Å². The second-order valence-corrected chi connectivity index (χ2v) is 5.59. The van der Waals surface area contributed by atoms with Crippen molar-refractivity contribution >= 4 is 5.91 Å². The number of aryl methyl sites for hydroxylation is 1. The molecule has 7 heteroatoms. The van der Waals surface area contributed by atoms with Crippen molar-refractivity contribution in [3.63, 3.8) is 0 Å². The maximum atomic E-state index is 12.0. The lowest BCUT2D eigenvalue weighted by atomic mass is 10.0. The molecule has 0 spiro atoms. The molecule has 1 atom stereocenters. The van der Waals surface area contributed by atoms with Crippen molar-refractivity contribution in [1.29, 1.82) is 0 Å². The van der Waals surface area contributed by atoms with E-state index in [-0.39, 0.29) is 29.7 Å². The minimum atomic E-state index is -0.367. The van der Waals surface area contributed by atoms with E-state index in [0.717, 1.165) is 4.57 Å². The number of rotatable bonds is 6. The molecule has 0 saturated heterocycles. The molecule has 0 radical (unpaired) electrons. The van der Waals surface area contributed by atoms with E-state index in [1.807, 2.05) is 13.8 Å². The summed E-state index contributed by atoms with van der Waals surface area (Å²) in [6.45, 7) is 4.30. The number of aromatic nitrogens is 2. The van der Waals surface area contributed by atoms with Crippen LogP contribution in [0.3, 0.4) is 0 Å². The van der Waals surface area contributed by atoms with Gasteiger partial charge in [-0.25, -0.2) is 4.79 Å². The van der Waals surface area contributed by atoms with Crippen LogP contribution in [0.2, 0.25) is 0 Å². The Morgan fingerprint density at radius 3 is 2.43 bits per heavy atom. The SMILES string of the molecule is CNC(=O)C(CC(C)C)NCc1cn(C)c(=O)n(C)c1=O. The van der Waals surface area contributed by atoms with Crippen molar-refractivity contribution in [2.24, 2.45) is 20.0 Å². The number of hydrogen-bond donors (Lipinski definition) is 2. The zero-order chi connectivity index (χ0) is 16.2. The highest BCUT2D eigenvalue weighted by molar-refractivity contribution is 5.81. The zero-order valence-corrected chi connectivity index (χ0v) is 13.3. The molecular weight excluding hydrogens is 272 g/mol. The lowest BCUT2D eigenvalue weighted by Crippen LogP contribution is -2.45. The van der Waals surface area contributed by atoms with Crippen LogP contribution in [0, 0.1) is 5.92 Å². The molecule has 1 rings (SSSR count). The molecule has 1 unspecified atom stereocenters. The van der Waals surface area contributed by atoms with Gasteiger partial charge in [-0.1, -0.05) is 13.8 Å². The van der Waals surface area contributed by atoms with Gasteiger partial charge in [0.25, 0.3) is 5.56 Å². The summed E-state index contributed by atoms with van der Waals surface area (Å²) < 4.78 is 2.42. The van der Waals surface area contributed by atoms with Crippen molar-refractivity contribution in [3.8, 4) is 0 Å². The van der Waals surface area contributed by atoms with Gasteiger partial charge in [0.2, 0.25) is 5.91 Å². The van der Waals surface area contributed by atoms with Crippen molar-refractivity contribution in [3.05, 3.63) is 32.6 Å². The topological polar surface area (TPSA) is 85.1 Å². The quantitative estimate of drug-likeness (QED) is 0.729. The molecule has 0 aromatic carbocycles. The monoisotopic (exact) mass is 296 g/mol. The molecule has 2 N–H and O–H groups in total. The molecular formula is C14H24N4O3. The molecule has 118 valence electrons. The third-order valence-corrected chi connectivity index (χ3v) is 3.33. The van der Waals surface area contributed by atoms with Crippen molar-refractivity contribution in [2.45, 2.75) is 32.9 Å². The van der Waals surface area contributed by atoms with Crippen molar-refractivity contribution in [2.75, 3.05) is 7.05 Å². The Balaban J connectivity index is 2.93. The highest BCUT2D eigenvalue weighted by atomic mass is 16.2. The number of nitrogens with zero attached hydrogens (tertiary/aromatic N) is 2. The second-order valence-electron chi connectivity index (χ2n) is 5.59. The maximum Gasteiger partial charge on any atom is 0.330 e. The first kappa shape index (κ1) is 17.2. The first-order valence-electron chi connectivity index (χ1n) is 6.98. The maximum absolute atomic E-state index is 12.0. The molecule has 7 nitrogen and oxygen atoms in total. The normalized spacial score (nSPS) is 12.5. The number of amides is 1. The van der Waals surface area contributed by atoms with Gasteiger partial charge in [0.1, 0.15) is 0 Å². The average Bonchev–Trinajstić information content (AvgIpc) is 2.44. The van der Waals surface area contributed by atoms with E-state index in [2.05, 4.69) is 10.6 Å². The predicted octanol–water partition coefficient (Wildman–Crippen LogP) is -0.666. The third-order valence-electron chi connectivity index (χ3n) is 3.33. The highest BCUT2D eigenvalue weighted by Crippen LogP contribution is 2.05. The molecule has 1 amide bonds. The second kappa shape index (κ2) is 7.21. The van der Waals surface area contributed by atoms with Crippen molar-refractivity contribution in [1.82, 2.24) is 19.8 Å². The zero-order valence-electron chi connectivity index (χ0n) is 13.3. The van der Waals surface area contributed by atoms with E-state index < -0.39 is 0 Å². The van der Waals surface area contributed by atoms with E-state index in [4.69, 9.17) is 0 Å². The molecule has 0 aliphatic heterocycles. The summed E-state index contributed by atoms with van der Waals surface area (Å²) in [7, 11) is 4.62. The van der Waals surface area contributed by atoms with E-state index in [9.17, 15) is 14.4 Å². The van der Waals surface area contributed by atoms with Gasteiger partial charge >= 0.3 is 5.69 Å². The van der Waals surface area contributed by atoms with Crippen LogP contribution in [-0.4, -0.2) is 28.1 Å². The summed E-state index contributed by atoms with van der Waals surface area (Å²) in [5, 5.41) is 5.71. The predicted molar refractivity (Wildman–Crippen MR) is 81.1 cm³/mol. The van der Waals surface area contributed by atoms with Crippen LogP contribution in [0.5, 0.6) is 0 Å². The molecule has 1 aromatic heterocycles. The Bertz CT molecular complexity index is 616. The summed E-state index contributed by atoms with van der Waals surface area (Å²) in [5.41, 5.74) is -0.253. The Kier molecular flexibility index (Phi) is 5.90. The smallest absolute Gasteiger partial charge is 0.330 e. The number of carbonyl (C=O) groups is 1. The minimum Gasteiger partial charge on any atom is -0.358 e. The summed E-state index contributed by atoms with van der Waals surface area (Å²) in [5.74, 6) is 0.244. The van der Waals surface area contributed by atoms with Gasteiger partial charge in [-0.2, -0.15) is 0 Å². The fourth-order valence-corrected chi connectivity index (χ4v) is 2.17. The first-order valence-corrected chi connectivity index (χ1v) is 6.98. The number of carbonyl (C=O) groups excluding carboxylic acids is 1. The van der Waals surface area contributed by atoms with Crippen LogP contribution < -0.4 is 21.9 Å². The van der Waals surface area contributed by atoms with Gasteiger partial charge in [-0.15, -0.1) is 0 Å². The fraction of sp³-hybridized carbons (Fsp3) is 0.643. The molecule has 0 aliphatic carbocycles. The van der Waals surface area contributed by atoms with Crippen LogP contribution >= 0.6 is 0 Å². The van der Waals surface area contributed by atoms with Gasteiger partial charge in [-0.05, 0) is 12.3 Å². The molecule has 21 heavy (non-hydrogen) atoms. The van der Waals surface area contributed by atoms with Gasteiger partial charge in [0.05, 0.1) is 6.04 Å². The molecule has 1 heterocycles. The van der Waals surface area contributed by atoms with Gasteiger partial charge in [0.15, 0.2) is 0 Å². The third kappa shape index (κ3) is 4.29. The van der Waals surface area contributed by atoms with Crippen LogP contribution in [0.25, 0.3) is 0 Å². The fourth-order valence-electron chi connectivity index (χ4n) is 2.17. The van der Waals surface area contributed by atoms with E-state index in [0.29, 0.717) is 17.9 Å². The van der Waals surface area contributed by atoms with Crippen molar-refractivity contribution < 1.29 is 4.79 Å². The number of hydrogen-bond acceptors (Lipinski definition) is 4. The Hall–Kier alpha value is -1.89. The minimum absolute atomic E-state index is 0.106. The lowest BCUT2D eigenvalue weighted by Gasteiger charge is -2.19. The summed E-state index contributed by atoms with van der Waals surface area (Å²) >= 11 is 0. The highest BCUT2D eigenvalue weighted by Gasteiger charge is 2.18. The average molecular weight is 296 g/mol. The molecule has 0 fully saturated rings. The Labute approximate surface area is 124 Å². The lowest BCUT2D eigenvalue weighted by molar-refractivity contribution is -0.123. The Morgan fingerprint density at radius 2 is 1.90 bits per heavy atom. The molecule has 0 bridgehead atoms. The summed E-state index contributed by atoms with van der Waals surface area (Å²) in [6.07, 6.45) is 2.18. The standard InChI is InChI=1S/C14H24N4O3/c1-9(2)6-11(12(19)15-3)16-7-10-8-17(4)14(21)18(5)13(10)20/h8-9,11,16H,6-7H2,1-5H3,(H,15,19). The molecule has 0 aliphatic rings. The Morgan fingerprint density at radius 1 is 1.29 bits per heavy atom. The van der Waals surface area contributed by atoms with E-state index in [1.165, 1.54) is 17.8 Å². The van der Waals surface area contributed by atoms with Gasteiger partial charge < -0.3 is 15.2 Å². The molecule has 1 aromatic rings. The van der Waals surface area contributed by atoms with Crippen LogP contribution in [0.1, 0.15) is 25.8 Å². The summed E-state index contributed by atoms with van der Waals surface area (Å²) in [4.78, 5) is 35.5. The largest absolute Gasteiger partial charge is 0.358 e. The first-order chi connectivity index (χ1) is 9.77. The van der Waals surface area contributed by atoms with Gasteiger partial charge in [-0.3, -0.25) is 14.2 Å². The molecule has 0 saturated carbocycles. The van der Waals surface area contributed by atoms with Crippen LogP contribution in [-0.2, 0) is 25.4 Å². The van der Waals surface area contributed by atoms with Crippen LogP contribution in [0.4, 0.5) is 0 Å². The number of likely N-dealkylation sites (N-methyl/N-ethyl adjacent to an activating group) is 1. The van der Waals surface area contributed by atoms with Crippen LogP contribution in [0.15, 0.2) is 15.8 Å². The summed E-state index contributed by atoms with van der Waals surface area (Å²) in [6, 6.07) is -0.364. The number of nitrogens with one attached hydrogen (secondary N) is 2.